The van der Waals surface area contributed by atoms with E-state index in [1.165, 1.54) is 0 Å². The summed E-state index contributed by atoms with van der Waals surface area (Å²) in [6.45, 7) is 0.0618. The van der Waals surface area contributed by atoms with Crippen molar-refractivity contribution in [2.75, 3.05) is 0 Å². The molecule has 2 aromatic heterocycles. The van der Waals surface area contributed by atoms with Gasteiger partial charge in [0.2, 0.25) is 0 Å². The lowest BCUT2D eigenvalue weighted by molar-refractivity contribution is -0.0239. The van der Waals surface area contributed by atoms with Crippen molar-refractivity contribution < 1.29 is 29.3 Å². The molecule has 0 spiro atoms. The van der Waals surface area contributed by atoms with Crippen molar-refractivity contribution in [3.8, 4) is 0 Å². The molecule has 6 aromatic rings. The van der Waals surface area contributed by atoms with E-state index in [2.05, 4.69) is 20.6 Å². The van der Waals surface area contributed by atoms with E-state index in [1.807, 2.05) is 122 Å². The van der Waals surface area contributed by atoms with Crippen LogP contribution in [-0.2, 0) is 35.5 Å². The van der Waals surface area contributed by atoms with E-state index < -0.39 is 36.5 Å². The minimum absolute atomic E-state index is 0.0309. The summed E-state index contributed by atoms with van der Waals surface area (Å²) in [7, 11) is 0. The third kappa shape index (κ3) is 8.03. The van der Waals surface area contributed by atoms with Crippen LogP contribution in [0, 0.1) is 0 Å². The Bertz CT molecular complexity index is 1800. The van der Waals surface area contributed by atoms with E-state index in [0.29, 0.717) is 0 Å². The van der Waals surface area contributed by atoms with Crippen LogP contribution in [0.15, 0.2) is 122 Å². The molecular formula is C38H38N4O6. The molecule has 0 radical (unpaired) electrons. The van der Waals surface area contributed by atoms with E-state index in [0.717, 1.165) is 44.1 Å². The summed E-state index contributed by atoms with van der Waals surface area (Å²) in [5.74, 6) is 0. The first-order valence-corrected chi connectivity index (χ1v) is 15.8. The third-order valence-electron chi connectivity index (χ3n) is 8.44. The predicted molar refractivity (Wildman–Crippen MR) is 183 cm³/mol. The first-order valence-electron chi connectivity index (χ1n) is 15.8. The van der Waals surface area contributed by atoms with Crippen LogP contribution >= 0.6 is 0 Å². The molecule has 48 heavy (non-hydrogen) atoms. The van der Waals surface area contributed by atoms with Gasteiger partial charge in [-0.05, 0) is 47.2 Å². The predicted octanol–water partition coefficient (Wildman–Crippen LogP) is 5.75. The second-order valence-electron chi connectivity index (χ2n) is 11.7. The number of aliphatic hydroxyl groups excluding tert-OH is 2. The molecule has 0 fully saturated rings. The van der Waals surface area contributed by atoms with Crippen LogP contribution in [-0.4, -0.2) is 56.7 Å². The number of hydrogen-bond donors (Lipinski definition) is 6. The maximum Gasteiger partial charge on any atom is 0.407 e. The quantitative estimate of drug-likeness (QED) is 0.0942. The number of hydrogen-bond acceptors (Lipinski definition) is 6. The highest BCUT2D eigenvalue weighted by atomic mass is 16.6. The van der Waals surface area contributed by atoms with Crippen LogP contribution in [0.1, 0.15) is 22.3 Å². The molecule has 246 valence electrons. The Morgan fingerprint density at radius 3 is 1.35 bits per heavy atom. The number of ether oxygens (including phenoxy) is 2. The molecule has 4 atom stereocenters. The van der Waals surface area contributed by atoms with Crippen LogP contribution < -0.4 is 10.6 Å². The zero-order valence-electron chi connectivity index (χ0n) is 26.2. The summed E-state index contributed by atoms with van der Waals surface area (Å²) in [6.07, 6.45) is -0.578. The van der Waals surface area contributed by atoms with Crippen molar-refractivity contribution in [3.63, 3.8) is 0 Å². The van der Waals surface area contributed by atoms with E-state index in [4.69, 9.17) is 9.47 Å². The third-order valence-corrected chi connectivity index (χ3v) is 8.44. The Kier molecular flexibility index (Phi) is 10.3. The molecule has 0 unspecified atom stereocenters. The molecule has 6 N–H and O–H groups in total. The van der Waals surface area contributed by atoms with Gasteiger partial charge in [-0.15, -0.1) is 0 Å². The number of carbonyl (C=O) groups excluding carboxylic acids is 2. The van der Waals surface area contributed by atoms with Crippen molar-refractivity contribution in [1.29, 1.82) is 0 Å². The molecule has 6 rings (SSSR count). The fraction of sp³-hybridized carbons (Fsp3) is 0.211. The Balaban J connectivity index is 1.24. The standard InChI is InChI=1S/C38H38N4O6/c43-35(33(19-27-21-39-31-17-9-7-15-29(27)31)41-37(45)47-23-25-11-3-1-4-12-25)36(44)34(20-28-22-40-32-18-10-8-16-30(28)32)42-38(46)48-24-26-13-5-2-6-14-26/h1-18,21-22,33-36,39-40,43-44H,19-20,23-24H2,(H,41,45)(H,42,46)/t33-,34-,35+,36+/m0/s1. The van der Waals surface area contributed by atoms with Crippen molar-refractivity contribution in [2.45, 2.75) is 50.3 Å². The molecule has 0 aliphatic heterocycles. The lowest BCUT2D eigenvalue weighted by Crippen LogP contribution is -2.57. The van der Waals surface area contributed by atoms with Gasteiger partial charge in [0.15, 0.2) is 0 Å². The number of aromatic nitrogens is 2. The number of rotatable bonds is 13. The van der Waals surface area contributed by atoms with Crippen molar-refractivity contribution in [1.82, 2.24) is 20.6 Å². The number of fused-ring (bicyclic) bond motifs is 2. The van der Waals surface area contributed by atoms with Crippen LogP contribution in [0.3, 0.4) is 0 Å². The number of carbonyl (C=O) groups is 2. The summed E-state index contributed by atoms with van der Waals surface area (Å²) in [5, 5.41) is 31.0. The van der Waals surface area contributed by atoms with Crippen LogP contribution in [0.2, 0.25) is 0 Å². The summed E-state index contributed by atoms with van der Waals surface area (Å²) in [6, 6.07) is 31.9. The van der Waals surface area contributed by atoms with Gasteiger partial charge in [0.1, 0.15) is 25.4 Å². The van der Waals surface area contributed by atoms with E-state index in [-0.39, 0.29) is 26.1 Å². The Hall–Kier alpha value is -5.58. The van der Waals surface area contributed by atoms with E-state index >= 15 is 0 Å². The van der Waals surface area contributed by atoms with Gasteiger partial charge in [-0.2, -0.15) is 0 Å². The molecule has 0 aliphatic rings. The van der Waals surface area contributed by atoms with Gasteiger partial charge in [-0.25, -0.2) is 9.59 Å². The maximum atomic E-state index is 13.1. The highest BCUT2D eigenvalue weighted by Gasteiger charge is 2.35. The lowest BCUT2D eigenvalue weighted by Gasteiger charge is -2.32. The topological polar surface area (TPSA) is 149 Å². The van der Waals surface area contributed by atoms with Crippen molar-refractivity contribution in [3.05, 3.63) is 144 Å². The van der Waals surface area contributed by atoms with Gasteiger partial charge in [-0.3, -0.25) is 0 Å². The van der Waals surface area contributed by atoms with Crippen molar-refractivity contribution >= 4 is 34.0 Å². The van der Waals surface area contributed by atoms with Gasteiger partial charge in [0.25, 0.3) is 0 Å². The molecule has 0 aliphatic carbocycles. The lowest BCUT2D eigenvalue weighted by atomic mass is 9.91. The van der Waals surface area contributed by atoms with Crippen LogP contribution in [0.4, 0.5) is 9.59 Å². The monoisotopic (exact) mass is 646 g/mol. The number of benzene rings is 4. The molecular weight excluding hydrogens is 608 g/mol. The Labute approximate surface area is 277 Å². The highest BCUT2D eigenvalue weighted by Crippen LogP contribution is 2.24. The van der Waals surface area contributed by atoms with Gasteiger partial charge in [-0.1, -0.05) is 97.1 Å². The van der Waals surface area contributed by atoms with Gasteiger partial charge in [0, 0.05) is 34.2 Å². The smallest absolute Gasteiger partial charge is 0.407 e. The van der Waals surface area contributed by atoms with Gasteiger partial charge >= 0.3 is 12.2 Å². The molecule has 0 saturated carbocycles. The average Bonchev–Trinajstić information content (AvgIpc) is 3.73. The molecule has 2 heterocycles. The van der Waals surface area contributed by atoms with Crippen molar-refractivity contribution in [2.24, 2.45) is 0 Å². The first kappa shape index (κ1) is 32.4. The van der Waals surface area contributed by atoms with Gasteiger partial charge in [0.05, 0.1) is 12.1 Å². The highest BCUT2D eigenvalue weighted by molar-refractivity contribution is 5.84. The summed E-state index contributed by atoms with van der Waals surface area (Å²) in [5.41, 5.74) is 5.06. The fourth-order valence-corrected chi connectivity index (χ4v) is 5.90. The second kappa shape index (κ2) is 15.3. The normalized spacial score (nSPS) is 13.8. The largest absolute Gasteiger partial charge is 0.445 e. The van der Waals surface area contributed by atoms with E-state index in [9.17, 15) is 19.8 Å². The fourth-order valence-electron chi connectivity index (χ4n) is 5.90. The zero-order chi connectivity index (χ0) is 33.3. The molecule has 2 amide bonds. The number of nitrogens with one attached hydrogen (secondary N) is 4. The summed E-state index contributed by atoms with van der Waals surface area (Å²) in [4.78, 5) is 32.6. The first-order chi connectivity index (χ1) is 23.4. The number of alkyl carbamates (subject to hydrolysis) is 2. The maximum absolute atomic E-state index is 13.1. The molecule has 10 heteroatoms. The second-order valence-corrected chi connectivity index (χ2v) is 11.7. The SMILES string of the molecule is O=C(N[C@@H](Cc1c[nH]c2ccccc12)[C@@H](O)[C@H](O)[C@H](Cc1c[nH]c2ccccc12)NC(=O)OCc1ccccc1)OCc1ccccc1. The molecule has 0 saturated heterocycles. The van der Waals surface area contributed by atoms with Gasteiger partial charge < -0.3 is 40.3 Å². The van der Waals surface area contributed by atoms with Crippen LogP contribution in [0.5, 0.6) is 0 Å². The number of aliphatic hydroxyl groups is 2. The summed E-state index contributed by atoms with van der Waals surface area (Å²) < 4.78 is 11.0. The number of H-pyrrole nitrogens is 2. The number of aromatic amines is 2. The minimum atomic E-state index is -1.52. The summed E-state index contributed by atoms with van der Waals surface area (Å²) >= 11 is 0. The Morgan fingerprint density at radius 2 is 0.938 bits per heavy atom. The number of para-hydroxylation sites is 2. The number of amides is 2. The molecule has 0 bridgehead atoms. The molecule has 4 aromatic carbocycles. The Morgan fingerprint density at radius 1 is 0.562 bits per heavy atom. The van der Waals surface area contributed by atoms with Crippen LogP contribution in [0.25, 0.3) is 21.8 Å². The van der Waals surface area contributed by atoms with E-state index in [1.54, 1.807) is 0 Å². The minimum Gasteiger partial charge on any atom is -0.445 e. The average molecular weight is 647 g/mol. The molecule has 10 nitrogen and oxygen atoms in total. The zero-order valence-corrected chi connectivity index (χ0v) is 26.2.